The minimum absolute atomic E-state index is 0.162. The molecule has 1 saturated carbocycles. The van der Waals surface area contributed by atoms with Gasteiger partial charge in [-0.25, -0.2) is 4.98 Å². The molecule has 0 spiro atoms. The summed E-state index contributed by atoms with van der Waals surface area (Å²) in [6.07, 6.45) is 6.15. The summed E-state index contributed by atoms with van der Waals surface area (Å²) in [5.74, 6) is 1.30. The number of carbonyl (C=O) groups is 1. The third-order valence-corrected chi connectivity index (χ3v) is 4.85. The molecule has 0 saturated heterocycles. The zero-order valence-corrected chi connectivity index (χ0v) is 13.7. The number of carbonyl (C=O) groups excluding carboxylic acids is 1. The van der Waals surface area contributed by atoms with Gasteiger partial charge in [-0.1, -0.05) is 42.5 Å². The van der Waals surface area contributed by atoms with Gasteiger partial charge in [0.05, 0.1) is 0 Å². The van der Waals surface area contributed by atoms with Gasteiger partial charge in [0, 0.05) is 17.9 Å². The Kier molecular flexibility index (Phi) is 4.16. The Bertz CT molecular complexity index is 837. The van der Waals surface area contributed by atoms with Crippen molar-refractivity contribution in [3.8, 4) is 0 Å². The zero-order chi connectivity index (χ0) is 16.4. The molecule has 0 aliphatic heterocycles. The van der Waals surface area contributed by atoms with Crippen LogP contribution < -0.4 is 0 Å². The predicted molar refractivity (Wildman–Crippen MR) is 94.0 cm³/mol. The van der Waals surface area contributed by atoms with Crippen LogP contribution in [0.5, 0.6) is 0 Å². The Morgan fingerprint density at radius 1 is 1.04 bits per heavy atom. The van der Waals surface area contributed by atoms with Gasteiger partial charge in [-0.05, 0) is 43.2 Å². The molecule has 1 fully saturated rings. The lowest BCUT2D eigenvalue weighted by molar-refractivity contribution is -0.108. The highest BCUT2D eigenvalue weighted by Gasteiger charge is 2.39. The Morgan fingerprint density at radius 3 is 2.67 bits per heavy atom. The molecule has 0 amide bonds. The summed E-state index contributed by atoms with van der Waals surface area (Å²) in [6, 6.07) is 16.6. The van der Waals surface area contributed by atoms with Gasteiger partial charge in [-0.2, -0.15) is 0 Å². The summed E-state index contributed by atoms with van der Waals surface area (Å²) in [5, 5.41) is 0. The summed E-state index contributed by atoms with van der Waals surface area (Å²) in [6.45, 7) is 0. The third-order valence-electron chi connectivity index (χ3n) is 4.85. The van der Waals surface area contributed by atoms with Gasteiger partial charge in [0.2, 0.25) is 0 Å². The van der Waals surface area contributed by atoms with Crippen molar-refractivity contribution in [3.05, 3.63) is 65.5 Å². The quantitative estimate of drug-likeness (QED) is 0.468. The van der Waals surface area contributed by atoms with Crippen LogP contribution in [0.1, 0.15) is 42.2 Å². The van der Waals surface area contributed by atoms with E-state index in [1.165, 1.54) is 5.56 Å². The normalized spacial score (nSPS) is 19.5. The van der Waals surface area contributed by atoms with E-state index in [1.54, 1.807) is 0 Å². The van der Waals surface area contributed by atoms with Crippen LogP contribution in [0, 0.1) is 5.92 Å². The first kappa shape index (κ1) is 15.1. The van der Waals surface area contributed by atoms with Crippen LogP contribution in [-0.4, -0.2) is 11.3 Å². The molecular weight excluding hydrogens is 298 g/mol. The van der Waals surface area contributed by atoms with Crippen molar-refractivity contribution in [2.45, 2.75) is 38.0 Å². The van der Waals surface area contributed by atoms with E-state index in [1.807, 2.05) is 12.1 Å². The molecule has 1 aromatic heterocycles. The van der Waals surface area contributed by atoms with Crippen LogP contribution in [0.4, 0.5) is 0 Å². The summed E-state index contributed by atoms with van der Waals surface area (Å²) < 4.78 is 6.02. The fourth-order valence-electron chi connectivity index (χ4n) is 3.39. The van der Waals surface area contributed by atoms with Crippen molar-refractivity contribution in [3.63, 3.8) is 0 Å². The average Bonchev–Trinajstić information content (AvgIpc) is 3.29. The van der Waals surface area contributed by atoms with Crippen LogP contribution in [0.2, 0.25) is 0 Å². The molecule has 1 aliphatic rings. The van der Waals surface area contributed by atoms with Gasteiger partial charge in [-0.15, -0.1) is 0 Å². The topological polar surface area (TPSA) is 43.1 Å². The molecule has 4 rings (SSSR count). The fourth-order valence-corrected chi connectivity index (χ4v) is 3.39. The largest absolute Gasteiger partial charge is 0.440 e. The SMILES string of the molecule is O=C[C@@H]1C[C@H]1c1cccc2nc(CCCCc3ccccc3)oc12. The molecule has 3 aromatic rings. The molecule has 1 aliphatic carbocycles. The van der Waals surface area contributed by atoms with Crippen LogP contribution in [-0.2, 0) is 17.6 Å². The number of unbranched alkanes of at least 4 members (excludes halogenated alkanes) is 1. The van der Waals surface area contributed by atoms with E-state index >= 15 is 0 Å². The van der Waals surface area contributed by atoms with Crippen molar-refractivity contribution in [1.82, 2.24) is 4.98 Å². The van der Waals surface area contributed by atoms with Crippen molar-refractivity contribution in [1.29, 1.82) is 0 Å². The number of nitrogens with zero attached hydrogens (tertiary/aromatic N) is 1. The van der Waals surface area contributed by atoms with E-state index in [2.05, 4.69) is 41.4 Å². The Balaban J connectivity index is 1.40. The van der Waals surface area contributed by atoms with Gasteiger partial charge in [0.1, 0.15) is 11.8 Å². The predicted octanol–water partition coefficient (Wildman–Crippen LogP) is 4.70. The second-order valence-electron chi connectivity index (χ2n) is 6.64. The fraction of sp³-hybridized carbons (Fsp3) is 0.333. The number of aromatic nitrogens is 1. The van der Waals surface area contributed by atoms with E-state index in [4.69, 9.17) is 4.42 Å². The zero-order valence-electron chi connectivity index (χ0n) is 13.7. The highest BCUT2D eigenvalue weighted by atomic mass is 16.3. The second-order valence-corrected chi connectivity index (χ2v) is 6.64. The molecule has 0 bridgehead atoms. The summed E-state index contributed by atoms with van der Waals surface area (Å²) in [5.41, 5.74) is 4.32. The summed E-state index contributed by atoms with van der Waals surface area (Å²) >= 11 is 0. The highest BCUT2D eigenvalue weighted by Crippen LogP contribution is 2.48. The lowest BCUT2D eigenvalue weighted by Crippen LogP contribution is -1.89. The minimum Gasteiger partial charge on any atom is -0.440 e. The van der Waals surface area contributed by atoms with Crippen LogP contribution in [0.25, 0.3) is 11.1 Å². The lowest BCUT2D eigenvalue weighted by Gasteiger charge is -2.00. The first-order valence-electron chi connectivity index (χ1n) is 8.72. The first-order valence-corrected chi connectivity index (χ1v) is 8.72. The van der Waals surface area contributed by atoms with Gasteiger partial charge in [0.25, 0.3) is 0 Å². The number of hydrogen-bond donors (Lipinski definition) is 0. The Hall–Kier alpha value is -2.42. The molecule has 0 unspecified atom stereocenters. The number of aldehydes is 1. The number of hydrogen-bond acceptors (Lipinski definition) is 3. The maximum atomic E-state index is 10.9. The number of oxazole rings is 1. The van der Waals surface area contributed by atoms with Crippen LogP contribution in [0.15, 0.2) is 52.9 Å². The molecule has 0 radical (unpaired) electrons. The van der Waals surface area contributed by atoms with Crippen molar-refractivity contribution in [2.24, 2.45) is 5.92 Å². The summed E-state index contributed by atoms with van der Waals surface area (Å²) in [7, 11) is 0. The van der Waals surface area contributed by atoms with Gasteiger partial charge >= 0.3 is 0 Å². The van der Waals surface area contributed by atoms with E-state index in [0.717, 1.165) is 60.9 Å². The maximum Gasteiger partial charge on any atom is 0.195 e. The highest BCUT2D eigenvalue weighted by molar-refractivity contribution is 5.79. The van der Waals surface area contributed by atoms with Crippen molar-refractivity contribution < 1.29 is 9.21 Å². The van der Waals surface area contributed by atoms with Gasteiger partial charge in [0.15, 0.2) is 11.5 Å². The number of para-hydroxylation sites is 1. The first-order chi connectivity index (χ1) is 11.8. The van der Waals surface area contributed by atoms with E-state index < -0.39 is 0 Å². The van der Waals surface area contributed by atoms with E-state index in [-0.39, 0.29) is 5.92 Å². The van der Waals surface area contributed by atoms with Crippen LogP contribution in [0.3, 0.4) is 0 Å². The molecule has 2 aromatic carbocycles. The standard InChI is InChI=1S/C21H21NO2/c23-14-16-13-18(16)17-10-6-11-19-21(17)24-20(22-19)12-5-4-9-15-7-2-1-3-8-15/h1-3,6-8,10-11,14,16,18H,4-5,9,12-13H2/t16-,18+/m0/s1. The van der Waals surface area contributed by atoms with Gasteiger partial charge < -0.3 is 9.21 Å². The molecular formula is C21H21NO2. The number of rotatable bonds is 7. The Morgan fingerprint density at radius 2 is 1.88 bits per heavy atom. The average molecular weight is 319 g/mol. The minimum atomic E-state index is 0.162. The molecule has 24 heavy (non-hydrogen) atoms. The molecule has 1 heterocycles. The smallest absolute Gasteiger partial charge is 0.195 e. The molecule has 2 atom stereocenters. The number of benzene rings is 2. The molecule has 122 valence electrons. The number of fused-ring (bicyclic) bond motifs is 1. The summed E-state index contributed by atoms with van der Waals surface area (Å²) in [4.78, 5) is 15.6. The van der Waals surface area contributed by atoms with Crippen LogP contribution >= 0.6 is 0 Å². The third kappa shape index (κ3) is 3.12. The maximum absolute atomic E-state index is 10.9. The van der Waals surface area contributed by atoms with Crippen molar-refractivity contribution in [2.75, 3.05) is 0 Å². The second kappa shape index (κ2) is 6.60. The molecule has 3 nitrogen and oxygen atoms in total. The molecule has 0 N–H and O–H groups in total. The van der Waals surface area contributed by atoms with E-state index in [0.29, 0.717) is 5.92 Å². The molecule has 3 heteroatoms. The van der Waals surface area contributed by atoms with Gasteiger partial charge in [-0.3, -0.25) is 0 Å². The van der Waals surface area contributed by atoms with Crippen molar-refractivity contribution >= 4 is 17.4 Å². The van der Waals surface area contributed by atoms with E-state index in [9.17, 15) is 4.79 Å². The lowest BCUT2D eigenvalue weighted by atomic mass is 10.1. The Labute approximate surface area is 141 Å². The monoisotopic (exact) mass is 319 g/mol. The number of aryl methyl sites for hydroxylation is 2.